The predicted molar refractivity (Wildman–Crippen MR) is 118 cm³/mol. The Bertz CT molecular complexity index is 1200. The van der Waals surface area contributed by atoms with Crippen LogP contribution in [0.1, 0.15) is 31.8 Å². The summed E-state index contributed by atoms with van der Waals surface area (Å²) in [5.74, 6) is -0.470. The van der Waals surface area contributed by atoms with Crippen LogP contribution in [0.5, 0.6) is 0 Å². The van der Waals surface area contributed by atoms with Crippen molar-refractivity contribution in [3.05, 3.63) is 76.1 Å². The fraction of sp³-hybridized carbons (Fsp3) is 0.208. The highest BCUT2D eigenvalue weighted by Crippen LogP contribution is 2.41. The van der Waals surface area contributed by atoms with E-state index in [-0.39, 0.29) is 5.91 Å². The minimum Gasteiger partial charge on any atom is -0.378 e. The number of fused-ring (bicyclic) bond motifs is 3. The molecule has 2 aliphatic rings. The number of carbonyl (C=O) groups excluding carboxylic acids is 2. The molecule has 2 N–H and O–H groups in total. The van der Waals surface area contributed by atoms with Gasteiger partial charge in [0.25, 0.3) is 5.91 Å². The van der Waals surface area contributed by atoms with Gasteiger partial charge in [-0.15, -0.1) is 0 Å². The van der Waals surface area contributed by atoms with Gasteiger partial charge in [0.1, 0.15) is 5.15 Å². The van der Waals surface area contributed by atoms with Gasteiger partial charge in [-0.1, -0.05) is 17.7 Å². The van der Waals surface area contributed by atoms with Crippen LogP contribution in [-0.2, 0) is 11.2 Å². The summed E-state index contributed by atoms with van der Waals surface area (Å²) in [6.45, 7) is 2.32. The fourth-order valence-corrected chi connectivity index (χ4v) is 4.42. The minimum atomic E-state index is -0.475. The SMILES string of the molecule is NC(=O)c1cc(-c2ccc(Cl)nc2)cc2c1Cc1cc(C(=O)N3CCOCC3)ccc1-2. The maximum absolute atomic E-state index is 12.9. The molecular formula is C24H20ClN3O3. The summed E-state index contributed by atoms with van der Waals surface area (Å²) in [5, 5.41) is 0.405. The molecule has 31 heavy (non-hydrogen) atoms. The lowest BCUT2D eigenvalue weighted by molar-refractivity contribution is 0.0303. The highest BCUT2D eigenvalue weighted by molar-refractivity contribution is 6.29. The average Bonchev–Trinajstić information content (AvgIpc) is 3.16. The van der Waals surface area contributed by atoms with Gasteiger partial charge >= 0.3 is 0 Å². The number of nitrogens with two attached hydrogens (primary N) is 1. The molecule has 0 radical (unpaired) electrons. The molecule has 1 aliphatic heterocycles. The Morgan fingerprint density at radius 1 is 1.00 bits per heavy atom. The number of hydrogen-bond acceptors (Lipinski definition) is 4. The molecule has 1 aromatic heterocycles. The van der Waals surface area contributed by atoms with E-state index in [9.17, 15) is 9.59 Å². The first-order valence-corrected chi connectivity index (χ1v) is 10.5. The van der Waals surface area contributed by atoms with Crippen LogP contribution in [0.25, 0.3) is 22.3 Å². The lowest BCUT2D eigenvalue weighted by Crippen LogP contribution is -2.40. The van der Waals surface area contributed by atoms with E-state index in [1.54, 1.807) is 18.3 Å². The largest absolute Gasteiger partial charge is 0.378 e. The van der Waals surface area contributed by atoms with Gasteiger partial charge in [0.15, 0.2) is 0 Å². The Morgan fingerprint density at radius 2 is 1.81 bits per heavy atom. The van der Waals surface area contributed by atoms with Gasteiger partial charge in [-0.25, -0.2) is 4.98 Å². The number of carbonyl (C=O) groups is 2. The molecule has 0 spiro atoms. The van der Waals surface area contributed by atoms with Crippen LogP contribution in [0, 0.1) is 0 Å². The number of rotatable bonds is 3. The van der Waals surface area contributed by atoms with Gasteiger partial charge in [-0.2, -0.15) is 0 Å². The summed E-state index contributed by atoms with van der Waals surface area (Å²) in [5.41, 5.74) is 12.4. The summed E-state index contributed by atoms with van der Waals surface area (Å²) < 4.78 is 5.34. The number of aromatic nitrogens is 1. The van der Waals surface area contributed by atoms with Crippen molar-refractivity contribution in [3.8, 4) is 22.3 Å². The fourth-order valence-electron chi connectivity index (χ4n) is 4.31. The molecule has 156 valence electrons. The second-order valence-corrected chi connectivity index (χ2v) is 8.12. The van der Waals surface area contributed by atoms with Crippen LogP contribution >= 0.6 is 11.6 Å². The first kappa shape index (κ1) is 19.7. The van der Waals surface area contributed by atoms with Gasteiger partial charge in [-0.05, 0) is 70.6 Å². The summed E-state index contributed by atoms with van der Waals surface area (Å²) in [6.07, 6.45) is 2.24. The lowest BCUT2D eigenvalue weighted by atomic mass is 9.94. The summed E-state index contributed by atoms with van der Waals surface area (Å²) in [7, 11) is 0. The molecule has 0 unspecified atom stereocenters. The molecular weight excluding hydrogens is 414 g/mol. The topological polar surface area (TPSA) is 85.5 Å². The van der Waals surface area contributed by atoms with E-state index in [2.05, 4.69) is 4.98 Å². The minimum absolute atomic E-state index is 0.00473. The lowest BCUT2D eigenvalue weighted by Gasteiger charge is -2.27. The first-order chi connectivity index (χ1) is 15.0. The van der Waals surface area contributed by atoms with E-state index < -0.39 is 5.91 Å². The molecule has 0 atom stereocenters. The standard InChI is InChI=1S/C24H20ClN3O3/c25-22-4-2-15(13-27-22)16-10-19-18-3-1-14(24(30)28-5-7-31-8-6-28)9-17(18)12-20(19)21(11-16)23(26)29/h1-4,9-11,13H,5-8,12H2,(H2,26,29). The van der Waals surface area contributed by atoms with Crippen molar-refractivity contribution < 1.29 is 14.3 Å². The van der Waals surface area contributed by atoms with Crippen LogP contribution in [0.15, 0.2) is 48.7 Å². The molecule has 1 fully saturated rings. The van der Waals surface area contributed by atoms with E-state index in [0.717, 1.165) is 33.4 Å². The third kappa shape index (κ3) is 3.58. The van der Waals surface area contributed by atoms with Crippen molar-refractivity contribution in [2.75, 3.05) is 26.3 Å². The molecule has 3 aromatic rings. The summed E-state index contributed by atoms with van der Waals surface area (Å²) >= 11 is 5.91. The van der Waals surface area contributed by atoms with Crippen LogP contribution in [-0.4, -0.2) is 48.0 Å². The Labute approximate surface area is 184 Å². The van der Waals surface area contributed by atoms with Crippen molar-refractivity contribution in [3.63, 3.8) is 0 Å². The number of morpholine rings is 1. The number of primary amides is 1. The van der Waals surface area contributed by atoms with Gasteiger partial charge in [0, 0.05) is 36.0 Å². The monoisotopic (exact) mass is 433 g/mol. The van der Waals surface area contributed by atoms with Gasteiger partial charge in [0.05, 0.1) is 13.2 Å². The van der Waals surface area contributed by atoms with Crippen LogP contribution < -0.4 is 5.73 Å². The normalized spacial score (nSPS) is 14.8. The number of hydrogen-bond donors (Lipinski definition) is 1. The predicted octanol–water partition coefficient (Wildman–Crippen LogP) is 3.54. The molecule has 1 saturated heterocycles. The van der Waals surface area contributed by atoms with Crippen molar-refractivity contribution in [2.24, 2.45) is 5.73 Å². The van der Waals surface area contributed by atoms with Crippen molar-refractivity contribution >= 4 is 23.4 Å². The zero-order valence-electron chi connectivity index (χ0n) is 16.7. The number of halogens is 1. The van der Waals surface area contributed by atoms with E-state index in [1.807, 2.05) is 35.2 Å². The third-order valence-electron chi connectivity index (χ3n) is 5.88. The zero-order chi connectivity index (χ0) is 21.5. The first-order valence-electron chi connectivity index (χ1n) is 10.1. The number of amides is 2. The van der Waals surface area contributed by atoms with Crippen molar-refractivity contribution in [2.45, 2.75) is 6.42 Å². The Hall–Kier alpha value is -3.22. The van der Waals surface area contributed by atoms with E-state index in [4.69, 9.17) is 22.1 Å². The van der Waals surface area contributed by atoms with E-state index in [0.29, 0.717) is 49.0 Å². The zero-order valence-corrected chi connectivity index (χ0v) is 17.5. The smallest absolute Gasteiger partial charge is 0.254 e. The maximum Gasteiger partial charge on any atom is 0.254 e. The van der Waals surface area contributed by atoms with Crippen molar-refractivity contribution in [1.82, 2.24) is 9.88 Å². The van der Waals surface area contributed by atoms with Crippen LogP contribution in [0.3, 0.4) is 0 Å². The Morgan fingerprint density at radius 3 is 2.52 bits per heavy atom. The number of pyridine rings is 1. The van der Waals surface area contributed by atoms with Crippen LogP contribution in [0.2, 0.25) is 5.15 Å². The average molecular weight is 434 g/mol. The second kappa shape index (κ2) is 7.80. The second-order valence-electron chi connectivity index (χ2n) is 7.74. The molecule has 0 saturated carbocycles. The molecule has 5 rings (SSSR count). The molecule has 2 amide bonds. The van der Waals surface area contributed by atoms with Crippen LogP contribution in [0.4, 0.5) is 0 Å². The van der Waals surface area contributed by atoms with Gasteiger partial charge in [0.2, 0.25) is 5.91 Å². The van der Waals surface area contributed by atoms with E-state index >= 15 is 0 Å². The number of ether oxygens (including phenoxy) is 1. The quantitative estimate of drug-likeness (QED) is 0.501. The highest BCUT2D eigenvalue weighted by Gasteiger charge is 2.26. The number of benzene rings is 2. The number of nitrogens with zero attached hydrogens (tertiary/aromatic N) is 2. The van der Waals surface area contributed by atoms with Gasteiger partial charge < -0.3 is 15.4 Å². The molecule has 2 aromatic carbocycles. The molecule has 6 nitrogen and oxygen atoms in total. The molecule has 7 heteroatoms. The third-order valence-corrected chi connectivity index (χ3v) is 6.11. The highest BCUT2D eigenvalue weighted by atomic mass is 35.5. The Kier molecular flexibility index (Phi) is 4.96. The maximum atomic E-state index is 12.9. The van der Waals surface area contributed by atoms with E-state index in [1.165, 1.54) is 0 Å². The summed E-state index contributed by atoms with van der Waals surface area (Å²) in [6, 6.07) is 13.2. The van der Waals surface area contributed by atoms with Crippen molar-refractivity contribution in [1.29, 1.82) is 0 Å². The molecule has 0 bridgehead atoms. The van der Waals surface area contributed by atoms with Gasteiger partial charge in [-0.3, -0.25) is 9.59 Å². The Balaban J connectivity index is 1.56. The molecule has 2 heterocycles. The summed E-state index contributed by atoms with van der Waals surface area (Å²) in [4.78, 5) is 31.1. The molecule has 1 aliphatic carbocycles.